The molecule has 1 heterocycles. The van der Waals surface area contributed by atoms with Gasteiger partial charge in [-0.3, -0.25) is 0 Å². The topological polar surface area (TPSA) is 18.5 Å². The van der Waals surface area contributed by atoms with Gasteiger partial charge in [-0.05, 0) is 61.1 Å². The maximum absolute atomic E-state index is 15.0. The van der Waals surface area contributed by atoms with Gasteiger partial charge in [0.1, 0.15) is 5.82 Å². The molecule has 2 aliphatic rings. The van der Waals surface area contributed by atoms with Crippen LogP contribution in [0.3, 0.4) is 0 Å². The molecule has 0 radical (unpaired) electrons. The van der Waals surface area contributed by atoms with E-state index in [1.807, 2.05) is 12.1 Å². The summed E-state index contributed by atoms with van der Waals surface area (Å²) in [4.78, 5) is 0. The fourth-order valence-electron chi connectivity index (χ4n) is 5.34. The summed E-state index contributed by atoms with van der Waals surface area (Å²) in [6, 6.07) is 13.9. The number of unbranched alkanes of at least 4 members (excludes halogenated alkanes) is 2. The zero-order valence-electron chi connectivity index (χ0n) is 19.8. The van der Waals surface area contributed by atoms with Crippen LogP contribution >= 0.6 is 0 Å². The molecule has 0 N–H and O–H groups in total. The van der Waals surface area contributed by atoms with E-state index in [9.17, 15) is 4.39 Å². The molecule has 0 aromatic heterocycles. The predicted octanol–water partition coefficient (Wildman–Crippen LogP) is 8.42. The molecule has 0 unspecified atom stereocenters. The van der Waals surface area contributed by atoms with Gasteiger partial charge in [0.25, 0.3) is 0 Å². The summed E-state index contributed by atoms with van der Waals surface area (Å²) in [5, 5.41) is 0. The first-order valence-corrected chi connectivity index (χ1v) is 12.8. The molecule has 2 nitrogen and oxygen atoms in total. The highest BCUT2D eigenvalue weighted by Gasteiger charge is 2.24. The van der Waals surface area contributed by atoms with Gasteiger partial charge < -0.3 is 9.47 Å². The molecule has 4 rings (SSSR count). The van der Waals surface area contributed by atoms with Crippen LogP contribution in [-0.2, 0) is 9.47 Å². The Kier molecular flexibility index (Phi) is 8.37. The van der Waals surface area contributed by atoms with Crippen LogP contribution in [0.1, 0.15) is 95.0 Å². The van der Waals surface area contributed by atoms with Crippen molar-refractivity contribution in [3.63, 3.8) is 0 Å². The van der Waals surface area contributed by atoms with Crippen LogP contribution in [0.4, 0.5) is 4.39 Å². The van der Waals surface area contributed by atoms with E-state index in [-0.39, 0.29) is 5.82 Å². The second-order valence-electron chi connectivity index (χ2n) is 9.85. The normalized spacial score (nSPS) is 26.2. The lowest BCUT2D eigenvalue weighted by Crippen LogP contribution is -2.27. The molecule has 2 fully saturated rings. The summed E-state index contributed by atoms with van der Waals surface area (Å²) in [5.74, 6) is 1.81. The van der Waals surface area contributed by atoms with Gasteiger partial charge in [-0.15, -0.1) is 0 Å². The molecule has 3 heteroatoms. The van der Waals surface area contributed by atoms with E-state index in [4.69, 9.17) is 9.47 Å². The standard InChI is InChI=1S/C29H39FO2/c1-3-5-6-7-22-19-31-29(32-20-22)26-16-17-27(28(30)18-26)25-14-12-24(13-15-25)23-10-8-21(4-2)9-11-23/h12-18,21-23,29H,3-11,19-20H2,1-2H3/t21-,22?,23-,29?. The molecule has 1 aliphatic heterocycles. The lowest BCUT2D eigenvalue weighted by Gasteiger charge is -2.30. The lowest BCUT2D eigenvalue weighted by atomic mass is 9.77. The zero-order valence-corrected chi connectivity index (χ0v) is 19.8. The van der Waals surface area contributed by atoms with E-state index in [0.29, 0.717) is 30.6 Å². The number of hydrogen-bond donors (Lipinski definition) is 0. The Balaban J connectivity index is 1.35. The molecule has 1 saturated carbocycles. The predicted molar refractivity (Wildman–Crippen MR) is 129 cm³/mol. The molecule has 32 heavy (non-hydrogen) atoms. The monoisotopic (exact) mass is 438 g/mol. The van der Waals surface area contributed by atoms with Gasteiger partial charge in [-0.25, -0.2) is 4.39 Å². The summed E-state index contributed by atoms with van der Waals surface area (Å²) < 4.78 is 26.8. The average Bonchev–Trinajstić information content (AvgIpc) is 2.85. The number of ether oxygens (including phenoxy) is 2. The lowest BCUT2D eigenvalue weighted by molar-refractivity contribution is -0.206. The van der Waals surface area contributed by atoms with Crippen molar-refractivity contribution >= 4 is 0 Å². The molecule has 1 aliphatic carbocycles. The Morgan fingerprint density at radius 1 is 0.812 bits per heavy atom. The summed E-state index contributed by atoms with van der Waals surface area (Å²) in [5.41, 5.74) is 3.74. The number of benzene rings is 2. The maximum Gasteiger partial charge on any atom is 0.183 e. The molecule has 2 aromatic rings. The molecule has 2 aromatic carbocycles. The summed E-state index contributed by atoms with van der Waals surface area (Å²) >= 11 is 0. The van der Waals surface area contributed by atoms with Crippen LogP contribution < -0.4 is 0 Å². The van der Waals surface area contributed by atoms with Gasteiger partial charge in [-0.1, -0.05) is 75.9 Å². The minimum Gasteiger partial charge on any atom is -0.348 e. The summed E-state index contributed by atoms with van der Waals surface area (Å²) in [6.45, 7) is 5.91. The van der Waals surface area contributed by atoms with Crippen LogP contribution in [0.5, 0.6) is 0 Å². The minimum absolute atomic E-state index is 0.212. The molecule has 0 bridgehead atoms. The van der Waals surface area contributed by atoms with Gasteiger partial charge in [-0.2, -0.15) is 0 Å². The van der Waals surface area contributed by atoms with Crippen molar-refractivity contribution in [1.29, 1.82) is 0 Å². The summed E-state index contributed by atoms with van der Waals surface area (Å²) in [7, 11) is 0. The van der Waals surface area contributed by atoms with Crippen LogP contribution in [0.2, 0.25) is 0 Å². The van der Waals surface area contributed by atoms with Gasteiger partial charge in [0.05, 0.1) is 13.2 Å². The van der Waals surface area contributed by atoms with Crippen molar-refractivity contribution in [2.45, 2.75) is 83.8 Å². The Morgan fingerprint density at radius 3 is 2.12 bits per heavy atom. The maximum atomic E-state index is 15.0. The first kappa shape index (κ1) is 23.4. The van der Waals surface area contributed by atoms with E-state index in [1.54, 1.807) is 6.07 Å². The highest BCUT2D eigenvalue weighted by atomic mass is 19.1. The first-order chi connectivity index (χ1) is 15.7. The summed E-state index contributed by atoms with van der Waals surface area (Å²) in [6.07, 6.45) is 10.9. The van der Waals surface area contributed by atoms with Crippen LogP contribution in [0.15, 0.2) is 42.5 Å². The quantitative estimate of drug-likeness (QED) is 0.385. The van der Waals surface area contributed by atoms with Gasteiger partial charge in [0.15, 0.2) is 6.29 Å². The Labute approximate surface area is 193 Å². The molecule has 174 valence electrons. The minimum atomic E-state index is -0.457. The van der Waals surface area contributed by atoms with Crippen molar-refractivity contribution in [1.82, 2.24) is 0 Å². The highest BCUT2D eigenvalue weighted by Crippen LogP contribution is 2.38. The van der Waals surface area contributed by atoms with Crippen molar-refractivity contribution in [2.75, 3.05) is 13.2 Å². The van der Waals surface area contributed by atoms with Crippen molar-refractivity contribution in [2.24, 2.45) is 11.8 Å². The van der Waals surface area contributed by atoms with E-state index in [0.717, 1.165) is 23.5 Å². The van der Waals surface area contributed by atoms with Crippen molar-refractivity contribution < 1.29 is 13.9 Å². The zero-order chi connectivity index (χ0) is 22.3. The van der Waals surface area contributed by atoms with Crippen molar-refractivity contribution in [3.05, 3.63) is 59.4 Å². The number of hydrogen-bond acceptors (Lipinski definition) is 2. The highest BCUT2D eigenvalue weighted by molar-refractivity contribution is 5.65. The number of halogens is 1. The molecule has 0 amide bonds. The SMILES string of the molecule is CCCCCC1COC(c2ccc(-c3ccc([C@H]4CC[C@H](CC)CC4)cc3)c(F)c2)OC1. The van der Waals surface area contributed by atoms with E-state index in [1.165, 1.54) is 56.9 Å². The average molecular weight is 439 g/mol. The molecule has 0 spiro atoms. The molecular formula is C29H39FO2. The largest absolute Gasteiger partial charge is 0.348 e. The van der Waals surface area contributed by atoms with Crippen LogP contribution in [0, 0.1) is 17.7 Å². The third kappa shape index (κ3) is 5.80. The van der Waals surface area contributed by atoms with Crippen LogP contribution in [-0.4, -0.2) is 13.2 Å². The second-order valence-corrected chi connectivity index (χ2v) is 9.85. The van der Waals surface area contributed by atoms with E-state index in [2.05, 4.69) is 38.1 Å². The van der Waals surface area contributed by atoms with E-state index < -0.39 is 6.29 Å². The molecule has 1 saturated heterocycles. The molecular weight excluding hydrogens is 399 g/mol. The fourth-order valence-corrected chi connectivity index (χ4v) is 5.34. The number of rotatable bonds is 8. The van der Waals surface area contributed by atoms with Crippen LogP contribution in [0.25, 0.3) is 11.1 Å². The third-order valence-electron chi connectivity index (χ3n) is 7.57. The first-order valence-electron chi connectivity index (χ1n) is 12.8. The fraction of sp³-hybridized carbons (Fsp3) is 0.586. The Hall–Kier alpha value is -1.71. The van der Waals surface area contributed by atoms with Gasteiger partial charge in [0, 0.05) is 17.0 Å². The van der Waals surface area contributed by atoms with E-state index >= 15 is 0 Å². The van der Waals surface area contributed by atoms with Gasteiger partial charge >= 0.3 is 0 Å². The Bertz CT molecular complexity index is 831. The second kappa shape index (κ2) is 11.4. The third-order valence-corrected chi connectivity index (χ3v) is 7.57. The Morgan fingerprint density at radius 2 is 1.50 bits per heavy atom. The smallest absolute Gasteiger partial charge is 0.183 e. The van der Waals surface area contributed by atoms with Crippen molar-refractivity contribution in [3.8, 4) is 11.1 Å². The van der Waals surface area contributed by atoms with Gasteiger partial charge in [0.2, 0.25) is 0 Å². The molecule has 0 atom stereocenters.